The van der Waals surface area contributed by atoms with Crippen LogP contribution < -0.4 is 5.32 Å². The molecule has 0 amide bonds. The molecule has 0 unspecified atom stereocenters. The van der Waals surface area contributed by atoms with Gasteiger partial charge in [-0.15, -0.1) is 0 Å². The fourth-order valence-electron chi connectivity index (χ4n) is 3.01. The van der Waals surface area contributed by atoms with Crippen LogP contribution in [0.15, 0.2) is 40.8 Å². The third kappa shape index (κ3) is 3.99. The lowest BCUT2D eigenvalue weighted by Gasteiger charge is -2.28. The first-order chi connectivity index (χ1) is 10.7. The maximum atomic E-state index is 5.95. The summed E-state index contributed by atoms with van der Waals surface area (Å²) in [6.45, 7) is 6.46. The Balaban J connectivity index is 1.48. The highest BCUT2D eigenvalue weighted by atomic mass is 16.3. The summed E-state index contributed by atoms with van der Waals surface area (Å²) in [5.41, 5.74) is 2.42. The molecule has 1 aliphatic rings. The van der Waals surface area contributed by atoms with Gasteiger partial charge in [0.1, 0.15) is 11.5 Å². The summed E-state index contributed by atoms with van der Waals surface area (Å²) in [6.07, 6.45) is 2.60. The van der Waals surface area contributed by atoms with Crippen LogP contribution in [0.25, 0.3) is 11.3 Å². The van der Waals surface area contributed by atoms with E-state index in [1.807, 2.05) is 0 Å². The zero-order valence-electron chi connectivity index (χ0n) is 13.6. The second-order valence-electron chi connectivity index (χ2n) is 6.51. The minimum absolute atomic E-state index is 0.808. The Morgan fingerprint density at radius 1 is 1.09 bits per heavy atom. The van der Waals surface area contributed by atoms with E-state index in [1.165, 1.54) is 31.5 Å². The van der Waals surface area contributed by atoms with Crippen LogP contribution in [-0.4, -0.2) is 31.6 Å². The molecule has 1 fully saturated rings. The van der Waals surface area contributed by atoms with E-state index in [-0.39, 0.29) is 0 Å². The largest absolute Gasteiger partial charge is 0.460 e. The van der Waals surface area contributed by atoms with Gasteiger partial charge in [0.2, 0.25) is 0 Å². The van der Waals surface area contributed by atoms with Gasteiger partial charge in [-0.1, -0.05) is 29.8 Å². The Labute approximate surface area is 133 Å². The minimum Gasteiger partial charge on any atom is -0.460 e. The van der Waals surface area contributed by atoms with Crippen LogP contribution in [0.1, 0.15) is 24.2 Å². The number of hydrogen-bond donors (Lipinski definition) is 1. The predicted molar refractivity (Wildman–Crippen MR) is 90.8 cm³/mol. The van der Waals surface area contributed by atoms with Crippen molar-refractivity contribution in [1.82, 2.24) is 10.2 Å². The van der Waals surface area contributed by atoms with Gasteiger partial charge in [0.25, 0.3) is 0 Å². The van der Waals surface area contributed by atoms with Gasteiger partial charge in [-0.25, -0.2) is 0 Å². The van der Waals surface area contributed by atoms with E-state index in [1.54, 1.807) is 0 Å². The zero-order valence-corrected chi connectivity index (χ0v) is 13.6. The molecule has 0 radical (unpaired) electrons. The number of aryl methyl sites for hydroxylation is 1. The highest BCUT2D eigenvalue weighted by Crippen LogP contribution is 2.22. The summed E-state index contributed by atoms with van der Waals surface area (Å²) in [5.74, 6) is 2.78. The molecule has 3 heteroatoms. The maximum absolute atomic E-state index is 5.95. The highest BCUT2D eigenvalue weighted by molar-refractivity contribution is 5.57. The maximum Gasteiger partial charge on any atom is 0.134 e. The summed E-state index contributed by atoms with van der Waals surface area (Å²) in [4.78, 5) is 2.41. The summed E-state index contributed by atoms with van der Waals surface area (Å²) in [6, 6.07) is 12.6. The molecule has 3 nitrogen and oxygen atoms in total. The molecule has 1 aliphatic heterocycles. The first-order valence-corrected chi connectivity index (χ1v) is 8.26. The molecule has 2 heterocycles. The Morgan fingerprint density at radius 2 is 1.82 bits per heavy atom. The van der Waals surface area contributed by atoms with Crippen molar-refractivity contribution in [3.8, 4) is 11.3 Å². The Bertz CT molecular complexity index is 580. The molecule has 3 rings (SSSR count). The minimum atomic E-state index is 0.808. The average Bonchev–Trinajstić information content (AvgIpc) is 2.99. The standard InChI is InChI=1S/C19H26N2O/c1-15-3-5-17(6-4-15)19-8-7-18(22-19)14-20-13-16-9-11-21(2)12-10-16/h3-8,16,20H,9-14H2,1-2H3. The van der Waals surface area contributed by atoms with E-state index >= 15 is 0 Å². The lowest BCUT2D eigenvalue weighted by molar-refractivity contribution is 0.215. The normalized spacial score (nSPS) is 17.0. The second kappa shape index (κ2) is 7.12. The van der Waals surface area contributed by atoms with Crippen molar-refractivity contribution in [1.29, 1.82) is 0 Å². The predicted octanol–water partition coefficient (Wildman–Crippen LogP) is 3.69. The number of piperidine rings is 1. The summed E-state index contributed by atoms with van der Waals surface area (Å²) < 4.78 is 5.95. The van der Waals surface area contributed by atoms with E-state index in [4.69, 9.17) is 4.42 Å². The molecule has 1 saturated heterocycles. The average molecular weight is 298 g/mol. The molecule has 1 aromatic heterocycles. The van der Waals surface area contributed by atoms with Crippen LogP contribution in [0.2, 0.25) is 0 Å². The first-order valence-electron chi connectivity index (χ1n) is 8.26. The zero-order chi connectivity index (χ0) is 15.4. The Kier molecular flexibility index (Phi) is 4.96. The number of furan rings is 1. The third-order valence-corrected chi connectivity index (χ3v) is 4.57. The Morgan fingerprint density at radius 3 is 2.55 bits per heavy atom. The quantitative estimate of drug-likeness (QED) is 0.912. The van der Waals surface area contributed by atoms with Crippen molar-refractivity contribution in [2.45, 2.75) is 26.3 Å². The molecule has 0 aliphatic carbocycles. The van der Waals surface area contributed by atoms with Crippen LogP contribution >= 0.6 is 0 Å². The van der Waals surface area contributed by atoms with Gasteiger partial charge in [0.05, 0.1) is 6.54 Å². The molecule has 0 bridgehead atoms. The fourth-order valence-corrected chi connectivity index (χ4v) is 3.01. The smallest absolute Gasteiger partial charge is 0.134 e. The van der Waals surface area contributed by atoms with Crippen molar-refractivity contribution >= 4 is 0 Å². The number of nitrogens with zero attached hydrogens (tertiary/aromatic N) is 1. The van der Waals surface area contributed by atoms with E-state index in [2.05, 4.69) is 60.6 Å². The van der Waals surface area contributed by atoms with E-state index < -0.39 is 0 Å². The Hall–Kier alpha value is -1.58. The van der Waals surface area contributed by atoms with Crippen LogP contribution in [0.5, 0.6) is 0 Å². The van der Waals surface area contributed by atoms with E-state index in [0.717, 1.165) is 36.1 Å². The molecule has 0 spiro atoms. The van der Waals surface area contributed by atoms with E-state index in [0.29, 0.717) is 0 Å². The lowest BCUT2D eigenvalue weighted by atomic mass is 9.97. The van der Waals surface area contributed by atoms with Crippen molar-refractivity contribution < 1.29 is 4.42 Å². The second-order valence-corrected chi connectivity index (χ2v) is 6.51. The highest BCUT2D eigenvalue weighted by Gasteiger charge is 2.16. The molecule has 2 aromatic rings. The van der Waals surface area contributed by atoms with Gasteiger partial charge in [-0.3, -0.25) is 0 Å². The molecule has 0 saturated carbocycles. The SMILES string of the molecule is Cc1ccc(-c2ccc(CNCC3CCN(C)CC3)o2)cc1. The van der Waals surface area contributed by atoms with Crippen molar-refractivity contribution in [2.75, 3.05) is 26.7 Å². The third-order valence-electron chi connectivity index (χ3n) is 4.57. The number of rotatable bonds is 5. The molecule has 22 heavy (non-hydrogen) atoms. The van der Waals surface area contributed by atoms with Gasteiger partial charge < -0.3 is 14.6 Å². The van der Waals surface area contributed by atoms with Crippen molar-refractivity contribution in [3.63, 3.8) is 0 Å². The van der Waals surface area contributed by atoms with Gasteiger partial charge >= 0.3 is 0 Å². The number of likely N-dealkylation sites (tertiary alicyclic amines) is 1. The molecule has 118 valence electrons. The van der Waals surface area contributed by atoms with Crippen LogP contribution in [-0.2, 0) is 6.54 Å². The van der Waals surface area contributed by atoms with Crippen LogP contribution in [0.4, 0.5) is 0 Å². The van der Waals surface area contributed by atoms with E-state index in [9.17, 15) is 0 Å². The van der Waals surface area contributed by atoms with Crippen LogP contribution in [0, 0.1) is 12.8 Å². The fraction of sp³-hybridized carbons (Fsp3) is 0.474. The molecular formula is C19H26N2O. The molecular weight excluding hydrogens is 272 g/mol. The number of benzene rings is 1. The lowest BCUT2D eigenvalue weighted by Crippen LogP contribution is -2.34. The molecule has 1 aromatic carbocycles. The van der Waals surface area contributed by atoms with Gasteiger partial charge in [-0.2, -0.15) is 0 Å². The number of nitrogens with one attached hydrogen (secondary N) is 1. The summed E-state index contributed by atoms with van der Waals surface area (Å²) in [5, 5.41) is 3.55. The summed E-state index contributed by atoms with van der Waals surface area (Å²) >= 11 is 0. The monoisotopic (exact) mass is 298 g/mol. The van der Waals surface area contributed by atoms with Gasteiger partial charge in [0.15, 0.2) is 0 Å². The van der Waals surface area contributed by atoms with Crippen LogP contribution in [0.3, 0.4) is 0 Å². The van der Waals surface area contributed by atoms with Gasteiger partial charge in [0, 0.05) is 5.56 Å². The molecule has 0 atom stereocenters. The van der Waals surface area contributed by atoms with Crippen molar-refractivity contribution in [3.05, 3.63) is 47.7 Å². The summed E-state index contributed by atoms with van der Waals surface area (Å²) in [7, 11) is 2.21. The first kappa shape index (κ1) is 15.3. The van der Waals surface area contributed by atoms with Crippen molar-refractivity contribution in [2.24, 2.45) is 5.92 Å². The van der Waals surface area contributed by atoms with Gasteiger partial charge in [-0.05, 0) is 64.5 Å². The molecule has 1 N–H and O–H groups in total. The topological polar surface area (TPSA) is 28.4 Å². The number of hydrogen-bond acceptors (Lipinski definition) is 3.